The van der Waals surface area contributed by atoms with Gasteiger partial charge in [-0.3, -0.25) is 14.2 Å². The Kier molecular flexibility index (Phi) is 2.94. The van der Waals surface area contributed by atoms with Crippen molar-refractivity contribution in [3.05, 3.63) is 66.4 Å². The summed E-state index contributed by atoms with van der Waals surface area (Å²) in [7, 11) is 0. The number of nitrogens with zero attached hydrogens (tertiary/aromatic N) is 3. The van der Waals surface area contributed by atoms with E-state index in [2.05, 4.69) is 15.3 Å². The zero-order valence-electron chi connectivity index (χ0n) is 10.2. The van der Waals surface area contributed by atoms with Crippen LogP contribution in [0.25, 0.3) is 5.65 Å². The lowest BCUT2D eigenvalue weighted by molar-refractivity contribution is 0.0944. The molecule has 0 aliphatic carbocycles. The van der Waals surface area contributed by atoms with Gasteiger partial charge in [-0.15, -0.1) is 0 Å². The zero-order valence-corrected chi connectivity index (χ0v) is 10.2. The highest BCUT2D eigenvalue weighted by Gasteiger charge is 2.09. The molecule has 3 heterocycles. The van der Waals surface area contributed by atoms with Crippen LogP contribution in [0.15, 0.2) is 55.1 Å². The van der Waals surface area contributed by atoms with Crippen LogP contribution in [-0.4, -0.2) is 20.3 Å². The number of hydrogen-bond donors (Lipinski definition) is 1. The van der Waals surface area contributed by atoms with Crippen molar-refractivity contribution in [3.63, 3.8) is 0 Å². The molecule has 0 saturated carbocycles. The lowest BCUT2D eigenvalue weighted by Crippen LogP contribution is -2.24. The van der Waals surface area contributed by atoms with E-state index >= 15 is 0 Å². The van der Waals surface area contributed by atoms with Crippen molar-refractivity contribution in [2.24, 2.45) is 0 Å². The largest absolute Gasteiger partial charge is 0.347 e. The highest BCUT2D eigenvalue weighted by atomic mass is 16.1. The predicted molar refractivity (Wildman–Crippen MR) is 70.6 cm³/mol. The Bertz CT molecular complexity index is 706. The van der Waals surface area contributed by atoms with Crippen LogP contribution >= 0.6 is 0 Å². The highest BCUT2D eigenvalue weighted by Crippen LogP contribution is 2.06. The predicted octanol–water partition coefficient (Wildman–Crippen LogP) is 1.66. The second-order valence-electron chi connectivity index (χ2n) is 4.10. The molecule has 0 aliphatic rings. The molecule has 3 aromatic rings. The van der Waals surface area contributed by atoms with Gasteiger partial charge in [0.25, 0.3) is 5.91 Å². The summed E-state index contributed by atoms with van der Waals surface area (Å²) in [4.78, 5) is 20.2. The van der Waals surface area contributed by atoms with Gasteiger partial charge >= 0.3 is 0 Å². The van der Waals surface area contributed by atoms with Crippen molar-refractivity contribution in [2.45, 2.75) is 6.54 Å². The summed E-state index contributed by atoms with van der Waals surface area (Å²) in [5.41, 5.74) is 2.35. The van der Waals surface area contributed by atoms with E-state index in [4.69, 9.17) is 0 Å². The number of fused-ring (bicyclic) bond motifs is 1. The molecule has 0 unspecified atom stereocenters. The smallest absolute Gasteiger partial charge is 0.268 e. The van der Waals surface area contributed by atoms with Crippen LogP contribution in [-0.2, 0) is 6.54 Å². The van der Waals surface area contributed by atoms with Gasteiger partial charge in [0.05, 0.1) is 0 Å². The summed E-state index contributed by atoms with van der Waals surface area (Å²) in [6.45, 7) is 0.479. The molecule has 1 N–H and O–H groups in total. The fourth-order valence-corrected chi connectivity index (χ4v) is 1.91. The molecule has 0 saturated heterocycles. The van der Waals surface area contributed by atoms with Crippen molar-refractivity contribution < 1.29 is 4.79 Å². The molecule has 0 radical (unpaired) electrons. The minimum atomic E-state index is -0.125. The SMILES string of the molecule is O=C(NCc1ccncc1)c1cccc2nccn12. The van der Waals surface area contributed by atoms with Gasteiger partial charge in [0.2, 0.25) is 0 Å². The molecule has 5 nitrogen and oxygen atoms in total. The first-order chi connectivity index (χ1) is 9.34. The highest BCUT2D eigenvalue weighted by molar-refractivity contribution is 5.93. The molecular weight excluding hydrogens is 240 g/mol. The second kappa shape index (κ2) is 4.89. The van der Waals surface area contributed by atoms with E-state index in [0.29, 0.717) is 12.2 Å². The van der Waals surface area contributed by atoms with Crippen LogP contribution in [0.2, 0.25) is 0 Å². The molecule has 3 aromatic heterocycles. The molecule has 0 spiro atoms. The van der Waals surface area contributed by atoms with Gasteiger partial charge in [-0.25, -0.2) is 4.98 Å². The number of rotatable bonds is 3. The second-order valence-corrected chi connectivity index (χ2v) is 4.10. The quantitative estimate of drug-likeness (QED) is 0.771. The third kappa shape index (κ3) is 2.30. The van der Waals surface area contributed by atoms with Crippen LogP contribution in [0.4, 0.5) is 0 Å². The van der Waals surface area contributed by atoms with Crippen LogP contribution in [0.3, 0.4) is 0 Å². The first-order valence-electron chi connectivity index (χ1n) is 5.94. The summed E-state index contributed by atoms with van der Waals surface area (Å²) in [5, 5.41) is 2.88. The third-order valence-corrected chi connectivity index (χ3v) is 2.86. The van der Waals surface area contributed by atoms with Crippen molar-refractivity contribution in [1.82, 2.24) is 19.7 Å². The Morgan fingerprint density at radius 2 is 2.00 bits per heavy atom. The third-order valence-electron chi connectivity index (χ3n) is 2.86. The number of carbonyl (C=O) groups is 1. The van der Waals surface area contributed by atoms with E-state index in [9.17, 15) is 4.79 Å². The standard InChI is InChI=1S/C14H12N4O/c19-14(17-10-11-4-6-15-7-5-11)12-2-1-3-13-16-8-9-18(12)13/h1-9H,10H2,(H,17,19). The number of aromatic nitrogens is 3. The molecule has 0 aliphatic heterocycles. The minimum Gasteiger partial charge on any atom is -0.347 e. The van der Waals surface area contributed by atoms with E-state index in [1.807, 2.05) is 24.3 Å². The first kappa shape index (κ1) is 11.4. The zero-order chi connectivity index (χ0) is 13.1. The Morgan fingerprint density at radius 1 is 1.16 bits per heavy atom. The van der Waals surface area contributed by atoms with Crippen LogP contribution in [0.5, 0.6) is 0 Å². The number of amides is 1. The topological polar surface area (TPSA) is 59.3 Å². The maximum Gasteiger partial charge on any atom is 0.268 e. The first-order valence-corrected chi connectivity index (χ1v) is 5.94. The average Bonchev–Trinajstić information content (AvgIpc) is 2.94. The van der Waals surface area contributed by atoms with Gasteiger partial charge in [0.15, 0.2) is 0 Å². The van der Waals surface area contributed by atoms with Gasteiger partial charge in [0, 0.05) is 31.3 Å². The Labute approximate surface area is 109 Å². The molecule has 0 aromatic carbocycles. The maximum absolute atomic E-state index is 12.2. The summed E-state index contributed by atoms with van der Waals surface area (Å²) in [6, 6.07) is 9.20. The molecule has 3 rings (SSSR count). The van der Waals surface area contributed by atoms with E-state index in [0.717, 1.165) is 11.2 Å². The number of pyridine rings is 2. The fourth-order valence-electron chi connectivity index (χ4n) is 1.91. The number of carbonyl (C=O) groups excluding carboxylic acids is 1. The molecule has 94 valence electrons. The molecule has 0 atom stereocenters. The van der Waals surface area contributed by atoms with Gasteiger partial charge in [-0.2, -0.15) is 0 Å². The van der Waals surface area contributed by atoms with Gasteiger partial charge < -0.3 is 5.32 Å². The van der Waals surface area contributed by atoms with E-state index in [1.54, 1.807) is 35.3 Å². The van der Waals surface area contributed by atoms with Crippen LogP contribution < -0.4 is 5.32 Å². The normalized spacial score (nSPS) is 10.5. The molecule has 0 fully saturated rings. The van der Waals surface area contributed by atoms with E-state index < -0.39 is 0 Å². The van der Waals surface area contributed by atoms with Crippen molar-refractivity contribution in [3.8, 4) is 0 Å². The molecule has 19 heavy (non-hydrogen) atoms. The van der Waals surface area contributed by atoms with Crippen molar-refractivity contribution in [2.75, 3.05) is 0 Å². The van der Waals surface area contributed by atoms with E-state index in [1.165, 1.54) is 0 Å². The summed E-state index contributed by atoms with van der Waals surface area (Å²) >= 11 is 0. The van der Waals surface area contributed by atoms with Gasteiger partial charge in [-0.05, 0) is 29.8 Å². The number of hydrogen-bond acceptors (Lipinski definition) is 3. The Balaban J connectivity index is 1.79. The van der Waals surface area contributed by atoms with Crippen LogP contribution in [0, 0.1) is 0 Å². The van der Waals surface area contributed by atoms with Crippen molar-refractivity contribution in [1.29, 1.82) is 0 Å². The van der Waals surface area contributed by atoms with Gasteiger partial charge in [-0.1, -0.05) is 6.07 Å². The summed E-state index contributed by atoms with van der Waals surface area (Å²) in [5.74, 6) is -0.125. The minimum absolute atomic E-state index is 0.125. The van der Waals surface area contributed by atoms with Crippen LogP contribution in [0.1, 0.15) is 16.1 Å². The molecule has 0 bridgehead atoms. The maximum atomic E-state index is 12.2. The molecule has 1 amide bonds. The lowest BCUT2D eigenvalue weighted by atomic mass is 10.2. The summed E-state index contributed by atoms with van der Waals surface area (Å²) < 4.78 is 1.77. The number of nitrogens with one attached hydrogen (secondary N) is 1. The molecular formula is C14H12N4O. The Morgan fingerprint density at radius 3 is 2.84 bits per heavy atom. The number of imidazole rings is 1. The molecule has 5 heteroatoms. The Hall–Kier alpha value is -2.69. The van der Waals surface area contributed by atoms with Crippen molar-refractivity contribution >= 4 is 11.6 Å². The van der Waals surface area contributed by atoms with Gasteiger partial charge in [0.1, 0.15) is 11.3 Å². The monoisotopic (exact) mass is 252 g/mol. The lowest BCUT2D eigenvalue weighted by Gasteiger charge is -2.07. The average molecular weight is 252 g/mol. The fraction of sp³-hybridized carbons (Fsp3) is 0.0714. The summed E-state index contributed by atoms with van der Waals surface area (Å²) in [6.07, 6.45) is 6.86. The van der Waals surface area contributed by atoms with E-state index in [-0.39, 0.29) is 5.91 Å².